The number of carbonyl (C=O) groups is 2. The summed E-state index contributed by atoms with van der Waals surface area (Å²) in [5.41, 5.74) is -0.692. The van der Waals surface area contributed by atoms with Gasteiger partial charge in [-0.15, -0.1) is 13.2 Å². The average molecular weight is 551 g/mol. The molecule has 0 aliphatic carbocycles. The summed E-state index contributed by atoms with van der Waals surface area (Å²) in [6.45, 7) is 4.78. The molecule has 38 heavy (non-hydrogen) atoms. The molecule has 2 atom stereocenters. The predicted molar refractivity (Wildman–Crippen MR) is 122 cm³/mol. The number of hydrogen-bond donors (Lipinski definition) is 2. The Hall–Kier alpha value is -3.71. The average Bonchev–Trinajstić information content (AvgIpc) is 2.76. The Bertz CT molecular complexity index is 1080. The monoisotopic (exact) mass is 551 g/mol. The van der Waals surface area contributed by atoms with E-state index >= 15 is 0 Å². The highest BCUT2D eigenvalue weighted by molar-refractivity contribution is 5.86. The normalized spacial score (nSPS) is 13.7. The summed E-state index contributed by atoms with van der Waals surface area (Å²) in [6.07, 6.45) is -9.83. The molecule has 0 aliphatic heterocycles. The van der Waals surface area contributed by atoms with E-state index in [2.05, 4.69) is 25.1 Å². The fraction of sp³-hybridized carbons (Fsp3) is 0.458. The lowest BCUT2D eigenvalue weighted by atomic mass is 10.0. The molecule has 1 heterocycles. The molecule has 2 amide bonds. The molecule has 0 fully saturated rings. The van der Waals surface area contributed by atoms with E-state index in [0.29, 0.717) is 0 Å². The molecule has 0 saturated carbocycles. The number of aromatic nitrogens is 1. The number of pyridine rings is 1. The highest BCUT2D eigenvalue weighted by Gasteiger charge is 2.33. The number of nitrogens with zero attached hydrogens (tertiary/aromatic N) is 1. The van der Waals surface area contributed by atoms with Crippen molar-refractivity contribution in [2.75, 3.05) is 6.61 Å². The smallest absolute Gasteiger partial charge is 0.483 e. The quantitative estimate of drug-likeness (QED) is 0.414. The molecule has 210 valence electrons. The van der Waals surface area contributed by atoms with Crippen molar-refractivity contribution in [3.05, 3.63) is 53.9 Å². The molecular weight excluding hydrogens is 524 g/mol. The Kier molecular flexibility index (Phi) is 9.81. The number of carbonyl (C=O) groups excluding carboxylic acids is 2. The molecule has 2 rings (SSSR count). The van der Waals surface area contributed by atoms with Gasteiger partial charge in [0.05, 0.1) is 17.9 Å². The molecule has 14 heteroatoms. The first kappa shape index (κ1) is 30.5. The van der Waals surface area contributed by atoms with E-state index in [4.69, 9.17) is 4.74 Å². The van der Waals surface area contributed by atoms with Crippen molar-refractivity contribution in [2.24, 2.45) is 0 Å². The van der Waals surface area contributed by atoms with Crippen LogP contribution in [0.25, 0.3) is 0 Å². The molecule has 1 aromatic carbocycles. The van der Waals surface area contributed by atoms with E-state index in [1.54, 1.807) is 20.8 Å². The number of benzene rings is 1. The number of halogens is 6. The van der Waals surface area contributed by atoms with Gasteiger partial charge in [-0.2, -0.15) is 13.2 Å². The van der Waals surface area contributed by atoms with Crippen molar-refractivity contribution < 1.29 is 50.1 Å². The van der Waals surface area contributed by atoms with Crippen molar-refractivity contribution >= 4 is 12.0 Å². The number of hydrogen-bond acceptors (Lipinski definition) is 6. The number of rotatable bonds is 9. The summed E-state index contributed by atoms with van der Waals surface area (Å²) < 4.78 is 89.3. The first-order valence-corrected chi connectivity index (χ1v) is 11.2. The standard InChI is InChI=1S/C24H27F6N3O5/c1-14(17-10-9-16(12-31-17)36-13-23(25,26)27)32-20(34)18(33-21(35)38-22(2,3)4)11-15-7-5-6-8-19(15)37-24(28,29)30/h5-10,12,14,18H,11,13H2,1-4H3,(H,32,34)(H,33,35)/t14-,18-/m1/s1. The van der Waals surface area contributed by atoms with E-state index < -0.39 is 54.6 Å². The summed E-state index contributed by atoms with van der Waals surface area (Å²) in [4.78, 5) is 29.4. The lowest BCUT2D eigenvalue weighted by molar-refractivity contribution is -0.274. The lowest BCUT2D eigenvalue weighted by Crippen LogP contribution is -2.49. The van der Waals surface area contributed by atoms with E-state index in [0.717, 1.165) is 12.3 Å². The maximum atomic E-state index is 13.1. The minimum absolute atomic E-state index is 0.0158. The Morgan fingerprint density at radius 2 is 1.63 bits per heavy atom. The second-order valence-corrected chi connectivity index (χ2v) is 9.11. The van der Waals surface area contributed by atoms with Crippen LogP contribution < -0.4 is 20.1 Å². The van der Waals surface area contributed by atoms with Crippen LogP contribution in [0.4, 0.5) is 31.1 Å². The maximum absolute atomic E-state index is 13.1. The van der Waals surface area contributed by atoms with Crippen LogP contribution in [0, 0.1) is 0 Å². The summed E-state index contributed by atoms with van der Waals surface area (Å²) in [7, 11) is 0. The summed E-state index contributed by atoms with van der Waals surface area (Å²) in [5, 5.41) is 4.92. The van der Waals surface area contributed by atoms with Crippen molar-refractivity contribution in [1.29, 1.82) is 0 Å². The van der Waals surface area contributed by atoms with Gasteiger partial charge in [0.2, 0.25) is 5.91 Å². The molecule has 0 aliphatic rings. The number of alkyl halides is 6. The first-order valence-electron chi connectivity index (χ1n) is 11.2. The highest BCUT2D eigenvalue weighted by Crippen LogP contribution is 2.27. The summed E-state index contributed by atoms with van der Waals surface area (Å²) >= 11 is 0. The SMILES string of the molecule is C[C@@H](NC(=O)[C@@H](Cc1ccccc1OC(F)(F)F)NC(=O)OC(C)(C)C)c1ccc(OCC(F)(F)F)cn1. The van der Waals surface area contributed by atoms with Gasteiger partial charge in [0, 0.05) is 6.42 Å². The second kappa shape index (κ2) is 12.2. The van der Waals surface area contributed by atoms with E-state index in [-0.39, 0.29) is 23.4 Å². The van der Waals surface area contributed by atoms with Gasteiger partial charge in [0.1, 0.15) is 23.1 Å². The van der Waals surface area contributed by atoms with Gasteiger partial charge < -0.3 is 24.8 Å². The van der Waals surface area contributed by atoms with Crippen LogP contribution in [-0.2, 0) is 16.0 Å². The van der Waals surface area contributed by atoms with Crippen LogP contribution in [-0.4, -0.2) is 47.8 Å². The second-order valence-electron chi connectivity index (χ2n) is 9.11. The Labute approximate surface area is 214 Å². The molecule has 0 spiro atoms. The zero-order chi connectivity index (χ0) is 28.7. The fourth-order valence-corrected chi connectivity index (χ4v) is 3.06. The minimum Gasteiger partial charge on any atom is -0.483 e. The Morgan fingerprint density at radius 3 is 2.18 bits per heavy atom. The third kappa shape index (κ3) is 11.1. The zero-order valence-corrected chi connectivity index (χ0v) is 20.9. The van der Waals surface area contributed by atoms with Gasteiger partial charge in [0.15, 0.2) is 6.61 Å². The zero-order valence-electron chi connectivity index (χ0n) is 20.9. The van der Waals surface area contributed by atoms with E-state index in [1.807, 2.05) is 0 Å². The number of amides is 2. The molecule has 1 aromatic heterocycles. The van der Waals surface area contributed by atoms with Crippen molar-refractivity contribution in [1.82, 2.24) is 15.6 Å². The van der Waals surface area contributed by atoms with Gasteiger partial charge in [-0.05, 0) is 51.5 Å². The summed E-state index contributed by atoms with van der Waals surface area (Å²) in [6, 6.07) is 5.51. The van der Waals surface area contributed by atoms with Crippen LogP contribution in [0.3, 0.4) is 0 Å². The number of para-hydroxylation sites is 1. The molecular formula is C24H27F6N3O5. The lowest BCUT2D eigenvalue weighted by Gasteiger charge is -2.25. The van der Waals surface area contributed by atoms with Crippen molar-refractivity contribution in [3.8, 4) is 11.5 Å². The van der Waals surface area contributed by atoms with Gasteiger partial charge in [-0.25, -0.2) is 4.79 Å². The van der Waals surface area contributed by atoms with E-state index in [1.165, 1.54) is 37.3 Å². The summed E-state index contributed by atoms with van der Waals surface area (Å²) in [5.74, 6) is -1.48. The van der Waals surface area contributed by atoms with Gasteiger partial charge in [0.25, 0.3) is 0 Å². The number of nitrogens with one attached hydrogen (secondary N) is 2. The number of alkyl carbamates (subject to hydrolysis) is 1. The van der Waals surface area contributed by atoms with Gasteiger partial charge >= 0.3 is 18.6 Å². The number of ether oxygens (including phenoxy) is 3. The molecule has 0 bridgehead atoms. The van der Waals surface area contributed by atoms with Gasteiger partial charge in [-0.1, -0.05) is 18.2 Å². The van der Waals surface area contributed by atoms with Crippen molar-refractivity contribution in [3.63, 3.8) is 0 Å². The van der Waals surface area contributed by atoms with Crippen LogP contribution in [0.15, 0.2) is 42.6 Å². The van der Waals surface area contributed by atoms with Crippen LogP contribution in [0.2, 0.25) is 0 Å². The van der Waals surface area contributed by atoms with Gasteiger partial charge in [-0.3, -0.25) is 9.78 Å². The molecule has 8 nitrogen and oxygen atoms in total. The Balaban J connectivity index is 2.20. The third-order valence-corrected chi connectivity index (χ3v) is 4.59. The molecule has 2 aromatic rings. The highest BCUT2D eigenvalue weighted by atomic mass is 19.4. The third-order valence-electron chi connectivity index (χ3n) is 4.59. The van der Waals surface area contributed by atoms with Crippen LogP contribution in [0.5, 0.6) is 11.5 Å². The predicted octanol–water partition coefficient (Wildman–Crippen LogP) is 5.23. The first-order chi connectivity index (χ1) is 17.4. The largest absolute Gasteiger partial charge is 0.573 e. The molecule has 0 radical (unpaired) electrons. The fourth-order valence-electron chi connectivity index (χ4n) is 3.06. The Morgan fingerprint density at radius 1 is 0.974 bits per heavy atom. The van der Waals surface area contributed by atoms with E-state index in [9.17, 15) is 35.9 Å². The molecule has 0 saturated heterocycles. The maximum Gasteiger partial charge on any atom is 0.573 e. The topological polar surface area (TPSA) is 98.8 Å². The van der Waals surface area contributed by atoms with Crippen LogP contribution in [0.1, 0.15) is 45.0 Å². The minimum atomic E-state index is -4.98. The van der Waals surface area contributed by atoms with Crippen LogP contribution >= 0.6 is 0 Å². The molecule has 0 unspecified atom stereocenters. The van der Waals surface area contributed by atoms with Crippen molar-refractivity contribution in [2.45, 2.75) is 64.3 Å². The molecule has 2 N–H and O–H groups in total.